The van der Waals surface area contributed by atoms with Crippen LogP contribution in [0.15, 0.2) is 24.3 Å². The molecule has 1 aliphatic rings. The maximum atomic E-state index is 13.0. The van der Waals surface area contributed by atoms with Crippen LogP contribution in [0.3, 0.4) is 0 Å². The fourth-order valence-corrected chi connectivity index (χ4v) is 2.69. The number of aliphatic hydroxyl groups excluding tert-OH is 1. The van der Waals surface area contributed by atoms with Crippen molar-refractivity contribution < 1.29 is 23.1 Å². The summed E-state index contributed by atoms with van der Waals surface area (Å²) in [6.07, 6.45) is -3.19. The number of carbonyl (C=O) groups is 1. The summed E-state index contributed by atoms with van der Waals surface area (Å²) in [5.74, 6) is -1.10. The zero-order valence-electron chi connectivity index (χ0n) is 12.4. The van der Waals surface area contributed by atoms with Crippen LogP contribution in [0.5, 0.6) is 0 Å². The molecule has 2 rings (SSSR count). The lowest BCUT2D eigenvalue weighted by Gasteiger charge is -2.13. The van der Waals surface area contributed by atoms with Crippen LogP contribution in [0, 0.1) is 5.92 Å². The van der Waals surface area contributed by atoms with Crippen molar-refractivity contribution in [3.8, 4) is 0 Å². The molecule has 1 aromatic rings. The van der Waals surface area contributed by atoms with Gasteiger partial charge in [-0.2, -0.15) is 13.2 Å². The van der Waals surface area contributed by atoms with Gasteiger partial charge in [0, 0.05) is 12.5 Å². The van der Waals surface area contributed by atoms with E-state index in [0.29, 0.717) is 12.8 Å². The van der Waals surface area contributed by atoms with E-state index in [0.717, 1.165) is 12.5 Å². The number of aliphatic hydroxyl groups is 1. The second-order valence-corrected chi connectivity index (χ2v) is 5.72. The second-order valence-electron chi connectivity index (χ2n) is 5.72. The van der Waals surface area contributed by atoms with Crippen molar-refractivity contribution in [3.05, 3.63) is 35.4 Å². The van der Waals surface area contributed by atoms with E-state index in [1.165, 1.54) is 12.1 Å². The third kappa shape index (κ3) is 4.00. The maximum absolute atomic E-state index is 13.0. The Bertz CT molecular complexity index is 530. The molecule has 0 aromatic heterocycles. The molecule has 0 aliphatic heterocycles. The second kappa shape index (κ2) is 6.69. The van der Waals surface area contributed by atoms with Gasteiger partial charge in [-0.25, -0.2) is 0 Å². The van der Waals surface area contributed by atoms with E-state index >= 15 is 0 Å². The molecule has 3 atom stereocenters. The fourth-order valence-electron chi connectivity index (χ4n) is 2.69. The summed E-state index contributed by atoms with van der Waals surface area (Å²) >= 11 is 0. The molecule has 2 N–H and O–H groups in total. The Morgan fingerprint density at radius 1 is 1.41 bits per heavy atom. The predicted octanol–water partition coefficient (Wildman–Crippen LogP) is 3.09. The summed E-state index contributed by atoms with van der Waals surface area (Å²) in [6, 6.07) is 5.40. The number of hydrogen-bond acceptors (Lipinski definition) is 2. The van der Waals surface area contributed by atoms with E-state index < -0.39 is 23.8 Å². The molecule has 0 radical (unpaired) electrons. The number of hydrogen-bond donors (Lipinski definition) is 2. The number of rotatable bonds is 6. The van der Waals surface area contributed by atoms with Gasteiger partial charge in [0.25, 0.3) is 0 Å². The number of halogens is 3. The molecule has 1 fully saturated rings. The zero-order chi connectivity index (χ0) is 16.3. The zero-order valence-corrected chi connectivity index (χ0v) is 12.4. The first-order chi connectivity index (χ1) is 10.3. The molecule has 6 heteroatoms. The van der Waals surface area contributed by atoms with Crippen LogP contribution in [0.25, 0.3) is 0 Å². The summed E-state index contributed by atoms with van der Waals surface area (Å²) in [6.45, 7) is 2.08. The van der Waals surface area contributed by atoms with Crippen molar-refractivity contribution >= 4 is 5.91 Å². The van der Waals surface area contributed by atoms with Crippen molar-refractivity contribution in [1.82, 2.24) is 5.32 Å². The van der Waals surface area contributed by atoms with E-state index in [2.05, 4.69) is 5.32 Å². The molecule has 1 aliphatic carbocycles. The van der Waals surface area contributed by atoms with E-state index in [4.69, 9.17) is 0 Å². The summed E-state index contributed by atoms with van der Waals surface area (Å²) in [7, 11) is 0. The van der Waals surface area contributed by atoms with Crippen molar-refractivity contribution in [1.29, 1.82) is 0 Å². The monoisotopic (exact) mass is 315 g/mol. The van der Waals surface area contributed by atoms with Gasteiger partial charge in [-0.15, -0.1) is 0 Å². The summed E-state index contributed by atoms with van der Waals surface area (Å²) in [4.78, 5) is 12.0. The van der Waals surface area contributed by atoms with Crippen LogP contribution >= 0.6 is 0 Å². The maximum Gasteiger partial charge on any atom is 0.416 e. The largest absolute Gasteiger partial charge is 0.416 e. The van der Waals surface area contributed by atoms with Crippen LogP contribution in [-0.2, 0) is 11.0 Å². The van der Waals surface area contributed by atoms with Gasteiger partial charge < -0.3 is 10.4 Å². The highest BCUT2D eigenvalue weighted by molar-refractivity contribution is 5.83. The summed E-state index contributed by atoms with van der Waals surface area (Å²) in [5, 5.41) is 12.2. The number of nitrogens with one attached hydrogen (secondary N) is 1. The third-order valence-electron chi connectivity index (χ3n) is 3.93. The first-order valence-corrected chi connectivity index (χ1v) is 7.46. The van der Waals surface area contributed by atoms with Gasteiger partial charge in [0.1, 0.15) is 0 Å². The van der Waals surface area contributed by atoms with Crippen molar-refractivity contribution in [2.75, 3.05) is 6.54 Å². The van der Waals surface area contributed by atoms with Crippen LogP contribution in [0.4, 0.5) is 13.2 Å². The standard InChI is InChI=1S/C16H20F3NO2/c1-2-5-10(21)9-20-15(22)13-8-12(13)11-6-3-4-7-14(11)16(17,18)19/h3-4,6-7,10,12-13,21H,2,5,8-9H2,1H3,(H,20,22). The highest BCUT2D eigenvalue weighted by atomic mass is 19.4. The Morgan fingerprint density at radius 2 is 2.09 bits per heavy atom. The van der Waals surface area contributed by atoms with Gasteiger partial charge in [-0.05, 0) is 30.4 Å². The molecule has 1 aromatic carbocycles. The van der Waals surface area contributed by atoms with Crippen LogP contribution in [-0.4, -0.2) is 23.7 Å². The summed E-state index contributed by atoms with van der Waals surface area (Å²) < 4.78 is 38.9. The van der Waals surface area contributed by atoms with E-state index in [-0.39, 0.29) is 23.9 Å². The molecule has 0 heterocycles. The topological polar surface area (TPSA) is 49.3 Å². The van der Waals surface area contributed by atoms with E-state index in [9.17, 15) is 23.1 Å². The van der Waals surface area contributed by atoms with Crippen LogP contribution in [0.1, 0.15) is 43.2 Å². The Morgan fingerprint density at radius 3 is 2.73 bits per heavy atom. The number of amides is 1. The Kier molecular flexibility index (Phi) is 5.11. The molecule has 122 valence electrons. The van der Waals surface area contributed by atoms with E-state index in [1.807, 2.05) is 6.92 Å². The predicted molar refractivity (Wildman–Crippen MR) is 76.2 cm³/mol. The number of carbonyl (C=O) groups excluding carboxylic acids is 1. The molecule has 3 nitrogen and oxygen atoms in total. The molecule has 1 saturated carbocycles. The van der Waals surface area contributed by atoms with Gasteiger partial charge in [-0.1, -0.05) is 31.5 Å². The molecule has 0 spiro atoms. The number of alkyl halides is 3. The number of benzene rings is 1. The van der Waals surface area contributed by atoms with Crippen LogP contribution in [0.2, 0.25) is 0 Å². The first kappa shape index (κ1) is 16.8. The molecule has 0 bridgehead atoms. The molecular weight excluding hydrogens is 295 g/mol. The molecule has 0 saturated heterocycles. The fraction of sp³-hybridized carbons (Fsp3) is 0.562. The van der Waals surface area contributed by atoms with Crippen molar-refractivity contribution in [3.63, 3.8) is 0 Å². The van der Waals surface area contributed by atoms with Gasteiger partial charge in [0.15, 0.2) is 0 Å². The minimum absolute atomic E-state index is 0.150. The quantitative estimate of drug-likeness (QED) is 0.847. The average molecular weight is 315 g/mol. The van der Waals surface area contributed by atoms with Gasteiger partial charge >= 0.3 is 6.18 Å². The Labute approximate surface area is 127 Å². The summed E-state index contributed by atoms with van der Waals surface area (Å²) in [5.41, 5.74) is -0.481. The van der Waals surface area contributed by atoms with Gasteiger partial charge in [0.05, 0.1) is 11.7 Å². The molecule has 22 heavy (non-hydrogen) atoms. The Hall–Kier alpha value is -1.56. The molecule has 1 amide bonds. The highest BCUT2D eigenvalue weighted by Crippen LogP contribution is 2.50. The third-order valence-corrected chi connectivity index (χ3v) is 3.93. The van der Waals surface area contributed by atoms with Gasteiger partial charge in [-0.3, -0.25) is 4.79 Å². The molecule has 3 unspecified atom stereocenters. The van der Waals surface area contributed by atoms with Gasteiger partial charge in [0.2, 0.25) is 5.91 Å². The lowest BCUT2D eigenvalue weighted by molar-refractivity contribution is -0.138. The van der Waals surface area contributed by atoms with E-state index in [1.54, 1.807) is 6.07 Å². The lowest BCUT2D eigenvalue weighted by Crippen LogP contribution is -2.33. The minimum Gasteiger partial charge on any atom is -0.391 e. The normalized spacial score (nSPS) is 22.2. The smallest absolute Gasteiger partial charge is 0.391 e. The Balaban J connectivity index is 1.97. The minimum atomic E-state index is -4.41. The highest BCUT2D eigenvalue weighted by Gasteiger charge is 2.47. The van der Waals surface area contributed by atoms with Crippen molar-refractivity contribution in [2.24, 2.45) is 5.92 Å². The van der Waals surface area contributed by atoms with Crippen molar-refractivity contribution in [2.45, 2.75) is 44.4 Å². The average Bonchev–Trinajstić information content (AvgIpc) is 3.24. The lowest BCUT2D eigenvalue weighted by atomic mass is 10.0. The SMILES string of the molecule is CCCC(O)CNC(=O)C1CC1c1ccccc1C(F)(F)F. The molecular formula is C16H20F3NO2. The van der Waals surface area contributed by atoms with Crippen LogP contribution < -0.4 is 5.32 Å². The first-order valence-electron chi connectivity index (χ1n) is 7.46.